The van der Waals surface area contributed by atoms with Gasteiger partial charge in [0, 0.05) is 11.9 Å². The lowest BCUT2D eigenvalue weighted by Gasteiger charge is -2.19. The van der Waals surface area contributed by atoms with Gasteiger partial charge < -0.3 is 14.7 Å². The number of amides is 1. The number of alkyl halides is 3. The lowest BCUT2D eigenvalue weighted by atomic mass is 9.97. The fraction of sp³-hybridized carbons (Fsp3) is 0.182. The number of thioether (sulfide) groups is 1. The number of nitrogens with zero attached hydrogens (tertiary/aromatic N) is 1. The topological polar surface area (TPSA) is 66.8 Å². The van der Waals surface area contributed by atoms with Crippen molar-refractivity contribution in [3.8, 4) is 16.9 Å². The predicted molar refractivity (Wildman–Crippen MR) is 112 cm³/mol. The van der Waals surface area contributed by atoms with Crippen LogP contribution in [0.25, 0.3) is 21.9 Å². The van der Waals surface area contributed by atoms with E-state index in [-0.39, 0.29) is 21.4 Å². The van der Waals surface area contributed by atoms with Crippen LogP contribution in [0.15, 0.2) is 59.5 Å². The first-order valence-corrected chi connectivity index (χ1v) is 9.85. The maximum Gasteiger partial charge on any atom is 0.420 e. The highest BCUT2D eigenvalue weighted by atomic mass is 32.2. The summed E-state index contributed by atoms with van der Waals surface area (Å²) in [5, 5.41) is 8.42. The van der Waals surface area contributed by atoms with Gasteiger partial charge in [-0.1, -0.05) is 30.3 Å². The van der Waals surface area contributed by atoms with Gasteiger partial charge in [0.05, 0.1) is 7.11 Å². The lowest BCUT2D eigenvalue weighted by molar-refractivity contribution is -0.138. The Hall–Kier alpha value is -3.20. The van der Waals surface area contributed by atoms with E-state index >= 15 is 0 Å². The lowest BCUT2D eigenvalue weighted by Crippen LogP contribution is -2.28. The third kappa shape index (κ3) is 4.93. The molecule has 0 fully saturated rings. The molecule has 0 spiro atoms. The standard InChI is InChI=1S/C22H18F3NO4S/c1-26(12-19(27)28)21(29)31-18-11-14(13-6-4-3-5-7-13)10-16-15(18)8-9-17(30-2)20(16)22(23,24)25/h3-11H,12H2,1-2H3,(H,27,28). The molecule has 0 aliphatic carbocycles. The van der Waals surface area contributed by atoms with Crippen LogP contribution in [0.1, 0.15) is 5.56 Å². The summed E-state index contributed by atoms with van der Waals surface area (Å²) in [4.78, 5) is 24.7. The van der Waals surface area contributed by atoms with Gasteiger partial charge in [0.1, 0.15) is 17.9 Å². The molecule has 0 heterocycles. The largest absolute Gasteiger partial charge is 0.496 e. The monoisotopic (exact) mass is 449 g/mol. The molecule has 0 aliphatic heterocycles. The highest BCUT2D eigenvalue weighted by Gasteiger charge is 2.37. The molecule has 3 rings (SSSR count). The summed E-state index contributed by atoms with van der Waals surface area (Å²) in [6, 6.07) is 14.5. The van der Waals surface area contributed by atoms with Crippen LogP contribution in [0.2, 0.25) is 0 Å². The molecule has 0 bridgehead atoms. The molecule has 3 aromatic rings. The second-order valence-electron chi connectivity index (χ2n) is 6.69. The molecule has 31 heavy (non-hydrogen) atoms. The Labute approximate surface area is 180 Å². The number of fused-ring (bicyclic) bond motifs is 1. The van der Waals surface area contributed by atoms with E-state index in [4.69, 9.17) is 9.84 Å². The third-order valence-electron chi connectivity index (χ3n) is 4.55. The summed E-state index contributed by atoms with van der Waals surface area (Å²) in [6.07, 6.45) is -4.69. The zero-order valence-electron chi connectivity index (χ0n) is 16.6. The van der Waals surface area contributed by atoms with Crippen molar-refractivity contribution in [3.63, 3.8) is 0 Å². The number of aliphatic carboxylic acids is 1. The van der Waals surface area contributed by atoms with Crippen molar-refractivity contribution in [1.82, 2.24) is 4.90 Å². The smallest absolute Gasteiger partial charge is 0.420 e. The minimum Gasteiger partial charge on any atom is -0.496 e. The van der Waals surface area contributed by atoms with Crippen LogP contribution in [-0.4, -0.2) is 41.9 Å². The normalized spacial score (nSPS) is 11.4. The van der Waals surface area contributed by atoms with Gasteiger partial charge in [0.2, 0.25) is 0 Å². The summed E-state index contributed by atoms with van der Waals surface area (Å²) in [7, 11) is 2.48. The van der Waals surface area contributed by atoms with Crippen LogP contribution in [0.5, 0.6) is 5.75 Å². The molecule has 0 atom stereocenters. The number of carbonyl (C=O) groups is 2. The number of carboxylic acid groups (broad SMARTS) is 1. The first kappa shape index (κ1) is 22.5. The Balaban J connectivity index is 2.25. The van der Waals surface area contributed by atoms with Crippen LogP contribution >= 0.6 is 11.8 Å². The van der Waals surface area contributed by atoms with Gasteiger partial charge in [-0.3, -0.25) is 9.59 Å². The van der Waals surface area contributed by atoms with Gasteiger partial charge in [-0.2, -0.15) is 13.2 Å². The third-order valence-corrected chi connectivity index (χ3v) is 5.60. The molecule has 1 amide bonds. The zero-order valence-corrected chi connectivity index (χ0v) is 17.4. The first-order chi connectivity index (χ1) is 14.6. The number of hydrogen-bond donors (Lipinski definition) is 1. The molecule has 0 aliphatic rings. The van der Waals surface area contributed by atoms with E-state index in [1.54, 1.807) is 36.4 Å². The number of carbonyl (C=O) groups excluding carboxylic acids is 1. The molecule has 162 valence electrons. The van der Waals surface area contributed by atoms with Crippen molar-refractivity contribution < 1.29 is 32.6 Å². The van der Waals surface area contributed by atoms with Gasteiger partial charge in [-0.05, 0) is 57.9 Å². The summed E-state index contributed by atoms with van der Waals surface area (Å²) >= 11 is 0.680. The van der Waals surface area contributed by atoms with Gasteiger partial charge >= 0.3 is 12.1 Å². The molecule has 0 radical (unpaired) electrons. The fourth-order valence-corrected chi connectivity index (χ4v) is 4.05. The molecule has 0 unspecified atom stereocenters. The minimum absolute atomic E-state index is 0.107. The SMILES string of the molecule is COc1ccc2c(SC(=O)N(C)CC(=O)O)cc(-c3ccccc3)cc2c1C(F)(F)F. The second kappa shape index (κ2) is 8.89. The second-order valence-corrected chi connectivity index (χ2v) is 7.69. The number of likely N-dealkylation sites (N-methyl/N-ethyl adjacent to an activating group) is 1. The quantitative estimate of drug-likeness (QED) is 0.502. The van der Waals surface area contributed by atoms with E-state index in [2.05, 4.69) is 0 Å². The number of halogens is 3. The molecule has 0 aromatic heterocycles. The Kier molecular flexibility index (Phi) is 6.45. The Morgan fingerprint density at radius 3 is 2.29 bits per heavy atom. The summed E-state index contributed by atoms with van der Waals surface area (Å²) < 4.78 is 46.8. The summed E-state index contributed by atoms with van der Waals surface area (Å²) in [5.74, 6) is -1.51. The highest BCUT2D eigenvalue weighted by molar-refractivity contribution is 8.13. The average Bonchev–Trinajstić information content (AvgIpc) is 2.71. The predicted octanol–water partition coefficient (Wildman–Crippen LogP) is 5.76. The van der Waals surface area contributed by atoms with Crippen LogP contribution in [0.3, 0.4) is 0 Å². The maximum atomic E-state index is 13.9. The molecule has 5 nitrogen and oxygen atoms in total. The maximum absolute atomic E-state index is 13.9. The Morgan fingerprint density at radius 2 is 1.71 bits per heavy atom. The molecule has 3 aromatic carbocycles. The minimum atomic E-state index is -4.69. The zero-order chi connectivity index (χ0) is 22.8. The van der Waals surface area contributed by atoms with Crippen molar-refractivity contribution in [3.05, 3.63) is 60.2 Å². The van der Waals surface area contributed by atoms with E-state index < -0.39 is 29.5 Å². The number of hydrogen-bond acceptors (Lipinski definition) is 4. The molecule has 9 heteroatoms. The summed E-state index contributed by atoms with van der Waals surface area (Å²) in [6.45, 7) is -0.524. The van der Waals surface area contributed by atoms with Crippen LogP contribution in [0, 0.1) is 0 Å². The molecular formula is C22H18F3NO4S. The number of benzene rings is 3. The summed E-state index contributed by atoms with van der Waals surface area (Å²) in [5.41, 5.74) is 0.232. The number of rotatable bonds is 5. The Morgan fingerprint density at radius 1 is 1.03 bits per heavy atom. The van der Waals surface area contributed by atoms with E-state index in [1.165, 1.54) is 25.2 Å². The highest BCUT2D eigenvalue weighted by Crippen LogP contribution is 2.45. The number of methoxy groups -OCH3 is 1. The average molecular weight is 449 g/mol. The molecule has 0 saturated carbocycles. The molecular weight excluding hydrogens is 431 g/mol. The number of carboxylic acids is 1. The van der Waals surface area contributed by atoms with Crippen molar-refractivity contribution in [1.29, 1.82) is 0 Å². The van der Waals surface area contributed by atoms with Crippen LogP contribution in [0.4, 0.5) is 18.0 Å². The van der Waals surface area contributed by atoms with E-state index in [1.807, 2.05) is 0 Å². The molecule has 0 saturated heterocycles. The van der Waals surface area contributed by atoms with E-state index in [9.17, 15) is 22.8 Å². The van der Waals surface area contributed by atoms with Crippen molar-refractivity contribution in [2.45, 2.75) is 11.1 Å². The van der Waals surface area contributed by atoms with E-state index in [0.29, 0.717) is 22.9 Å². The van der Waals surface area contributed by atoms with Gasteiger partial charge in [-0.15, -0.1) is 0 Å². The fourth-order valence-electron chi connectivity index (χ4n) is 3.16. The van der Waals surface area contributed by atoms with Crippen molar-refractivity contribution in [2.75, 3.05) is 20.7 Å². The van der Waals surface area contributed by atoms with E-state index in [0.717, 1.165) is 12.0 Å². The van der Waals surface area contributed by atoms with Gasteiger partial charge in [0.25, 0.3) is 5.24 Å². The van der Waals surface area contributed by atoms with Gasteiger partial charge in [-0.25, -0.2) is 0 Å². The van der Waals surface area contributed by atoms with Crippen LogP contribution in [-0.2, 0) is 11.0 Å². The van der Waals surface area contributed by atoms with Crippen molar-refractivity contribution in [2.24, 2.45) is 0 Å². The van der Waals surface area contributed by atoms with Gasteiger partial charge in [0.15, 0.2) is 0 Å². The number of ether oxygens (including phenoxy) is 1. The Bertz CT molecular complexity index is 1130. The van der Waals surface area contributed by atoms with Crippen molar-refractivity contribution >= 4 is 33.7 Å². The molecule has 1 N–H and O–H groups in total. The first-order valence-electron chi connectivity index (χ1n) is 9.04. The van der Waals surface area contributed by atoms with Crippen LogP contribution < -0.4 is 4.74 Å².